The Balaban J connectivity index is 1.76. The zero-order valence-corrected chi connectivity index (χ0v) is 17.7. The zero-order chi connectivity index (χ0) is 21.0. The topological polar surface area (TPSA) is 98.9 Å². The van der Waals surface area contributed by atoms with Crippen LogP contribution in [0.4, 0.5) is 11.4 Å². The Hall–Kier alpha value is -2.75. The van der Waals surface area contributed by atoms with E-state index in [0.29, 0.717) is 20.7 Å². The van der Waals surface area contributed by atoms with Crippen LogP contribution >= 0.6 is 27.5 Å². The van der Waals surface area contributed by atoms with E-state index < -0.39 is 15.0 Å². The first-order valence-electron chi connectivity index (χ1n) is 8.03. The predicted molar refractivity (Wildman–Crippen MR) is 114 cm³/mol. The molecule has 0 spiro atoms. The molecule has 0 radical (unpaired) electrons. The van der Waals surface area contributed by atoms with Gasteiger partial charge in [0.1, 0.15) is 4.90 Å². The van der Waals surface area contributed by atoms with Gasteiger partial charge in [0.15, 0.2) is 5.75 Å². The quantitative estimate of drug-likeness (QED) is 0.194. The van der Waals surface area contributed by atoms with Gasteiger partial charge in [0.05, 0.1) is 15.1 Å². The summed E-state index contributed by atoms with van der Waals surface area (Å²) >= 11 is 9.06. The summed E-state index contributed by atoms with van der Waals surface area (Å²) in [7, 11) is -4.01. The summed E-state index contributed by atoms with van der Waals surface area (Å²) in [5.74, 6) is 0.118. The minimum Gasteiger partial charge on any atom is -0.378 e. The molecular formula is C19H12BrClN2O5S. The van der Waals surface area contributed by atoms with Crippen LogP contribution in [0.1, 0.15) is 5.56 Å². The largest absolute Gasteiger partial charge is 0.378 e. The van der Waals surface area contributed by atoms with E-state index in [-0.39, 0.29) is 16.3 Å². The summed E-state index contributed by atoms with van der Waals surface area (Å²) < 4.78 is 30.4. The van der Waals surface area contributed by atoms with Crippen LogP contribution in [0.25, 0.3) is 0 Å². The molecule has 0 unspecified atom stereocenters. The van der Waals surface area contributed by atoms with E-state index in [0.717, 1.165) is 0 Å². The lowest BCUT2D eigenvalue weighted by Crippen LogP contribution is -2.10. The third-order valence-electron chi connectivity index (χ3n) is 3.68. The highest BCUT2D eigenvalue weighted by Gasteiger charge is 2.18. The van der Waals surface area contributed by atoms with Gasteiger partial charge < -0.3 is 4.18 Å². The molecule has 10 heteroatoms. The van der Waals surface area contributed by atoms with Gasteiger partial charge in [-0.2, -0.15) is 8.42 Å². The van der Waals surface area contributed by atoms with E-state index in [2.05, 4.69) is 20.9 Å². The van der Waals surface area contributed by atoms with Crippen LogP contribution in [-0.4, -0.2) is 19.6 Å². The van der Waals surface area contributed by atoms with Gasteiger partial charge in [0.25, 0.3) is 5.69 Å². The van der Waals surface area contributed by atoms with Crippen LogP contribution < -0.4 is 4.18 Å². The van der Waals surface area contributed by atoms with Gasteiger partial charge in [-0.1, -0.05) is 11.6 Å². The average Bonchev–Trinajstić information content (AvgIpc) is 2.69. The highest BCUT2D eigenvalue weighted by molar-refractivity contribution is 9.10. The number of halogens is 2. The molecular weight excluding hydrogens is 484 g/mol. The number of nitrogens with zero attached hydrogens (tertiary/aromatic N) is 2. The molecule has 0 N–H and O–H groups in total. The summed E-state index contributed by atoms with van der Waals surface area (Å²) in [6.45, 7) is 0. The third kappa shape index (κ3) is 5.41. The van der Waals surface area contributed by atoms with Crippen molar-refractivity contribution in [2.45, 2.75) is 4.90 Å². The Morgan fingerprint density at radius 1 is 1.03 bits per heavy atom. The molecule has 0 saturated carbocycles. The van der Waals surface area contributed by atoms with Crippen LogP contribution in [0.15, 0.2) is 81.1 Å². The Labute approximate surface area is 180 Å². The van der Waals surface area contributed by atoms with Gasteiger partial charge in [0, 0.05) is 23.4 Å². The number of nitro benzene ring substituents is 1. The highest BCUT2D eigenvalue weighted by Crippen LogP contribution is 2.29. The molecule has 0 atom stereocenters. The molecule has 0 aliphatic rings. The van der Waals surface area contributed by atoms with E-state index >= 15 is 0 Å². The molecule has 7 nitrogen and oxygen atoms in total. The van der Waals surface area contributed by atoms with Crippen molar-refractivity contribution in [1.82, 2.24) is 0 Å². The van der Waals surface area contributed by atoms with E-state index in [1.165, 1.54) is 54.6 Å². The van der Waals surface area contributed by atoms with Gasteiger partial charge in [0.2, 0.25) is 0 Å². The molecule has 3 aromatic rings. The molecule has 0 aliphatic heterocycles. The zero-order valence-electron chi connectivity index (χ0n) is 14.5. The molecule has 3 rings (SSSR count). The number of hydrogen-bond acceptors (Lipinski definition) is 6. The van der Waals surface area contributed by atoms with Crippen molar-refractivity contribution in [3.8, 4) is 5.75 Å². The predicted octanol–water partition coefficient (Wildman–Crippen LogP) is 5.53. The molecule has 0 saturated heterocycles. The van der Waals surface area contributed by atoms with Gasteiger partial charge in [-0.05, 0) is 76.1 Å². The van der Waals surface area contributed by atoms with Crippen molar-refractivity contribution in [3.63, 3.8) is 0 Å². The maximum Gasteiger partial charge on any atom is 0.339 e. The summed E-state index contributed by atoms with van der Waals surface area (Å²) in [4.78, 5) is 14.4. The Kier molecular flexibility index (Phi) is 6.31. The van der Waals surface area contributed by atoms with Crippen LogP contribution in [0.2, 0.25) is 5.02 Å². The van der Waals surface area contributed by atoms with Crippen molar-refractivity contribution >= 4 is 55.2 Å². The SMILES string of the molecule is O=[N+]([O-])c1ccc(N=Cc2ccc(OS(=O)(=O)c3ccc(Cl)cc3)c(Br)c2)cc1. The molecule has 0 fully saturated rings. The van der Waals surface area contributed by atoms with Gasteiger partial charge in [-0.25, -0.2) is 0 Å². The Bertz CT molecular complexity index is 1180. The van der Waals surface area contributed by atoms with Gasteiger partial charge >= 0.3 is 10.1 Å². The molecule has 0 amide bonds. The van der Waals surface area contributed by atoms with Crippen molar-refractivity contribution in [2.24, 2.45) is 4.99 Å². The Morgan fingerprint density at radius 3 is 2.28 bits per heavy atom. The number of nitro groups is 1. The first-order valence-corrected chi connectivity index (χ1v) is 10.6. The molecule has 0 heterocycles. The van der Waals surface area contributed by atoms with E-state index in [9.17, 15) is 18.5 Å². The summed E-state index contributed by atoms with van der Waals surface area (Å²) in [5.41, 5.74) is 1.19. The fourth-order valence-corrected chi connectivity index (χ4v) is 3.90. The van der Waals surface area contributed by atoms with Crippen molar-refractivity contribution in [1.29, 1.82) is 0 Å². The summed E-state index contributed by atoms with van der Waals surface area (Å²) in [6, 6.07) is 16.2. The maximum atomic E-state index is 12.4. The van der Waals surface area contributed by atoms with Gasteiger partial charge in [-0.15, -0.1) is 0 Å². The average molecular weight is 496 g/mol. The first kappa shape index (κ1) is 21.0. The van der Waals surface area contributed by atoms with Crippen LogP contribution in [0.3, 0.4) is 0 Å². The minimum atomic E-state index is -4.01. The van der Waals surface area contributed by atoms with Crippen molar-refractivity contribution in [2.75, 3.05) is 0 Å². The normalized spacial score (nSPS) is 11.5. The molecule has 0 bridgehead atoms. The fraction of sp³-hybridized carbons (Fsp3) is 0. The standard InChI is InChI=1S/C19H12BrClN2O5S/c20-18-11-13(12-22-15-4-6-16(7-5-15)23(24)25)1-10-19(18)28-29(26,27)17-8-2-14(21)3-9-17/h1-12H. The second-order valence-electron chi connectivity index (χ2n) is 5.71. The lowest BCUT2D eigenvalue weighted by atomic mass is 10.2. The van der Waals surface area contributed by atoms with Gasteiger partial charge in [-0.3, -0.25) is 15.1 Å². The smallest absolute Gasteiger partial charge is 0.339 e. The van der Waals surface area contributed by atoms with Crippen LogP contribution in [0, 0.1) is 10.1 Å². The fourth-order valence-electron chi connectivity index (χ4n) is 2.24. The number of aliphatic imine (C=N–C) groups is 1. The number of hydrogen-bond donors (Lipinski definition) is 0. The summed E-state index contributed by atoms with van der Waals surface area (Å²) in [6.07, 6.45) is 1.55. The number of non-ortho nitro benzene ring substituents is 1. The Morgan fingerprint density at radius 2 is 1.69 bits per heavy atom. The van der Waals surface area contributed by atoms with Crippen molar-refractivity contribution in [3.05, 3.63) is 91.9 Å². The van der Waals surface area contributed by atoms with E-state index in [4.69, 9.17) is 15.8 Å². The third-order valence-corrected chi connectivity index (χ3v) is 5.80. The molecule has 0 aromatic heterocycles. The second-order valence-corrected chi connectivity index (χ2v) is 8.55. The van der Waals surface area contributed by atoms with E-state index in [1.807, 2.05) is 0 Å². The summed E-state index contributed by atoms with van der Waals surface area (Å²) in [5, 5.41) is 11.1. The monoisotopic (exact) mass is 494 g/mol. The van der Waals surface area contributed by atoms with Crippen LogP contribution in [-0.2, 0) is 10.1 Å². The number of benzene rings is 3. The molecule has 3 aromatic carbocycles. The number of rotatable bonds is 6. The molecule has 0 aliphatic carbocycles. The minimum absolute atomic E-state index is 0.0161. The molecule has 29 heavy (non-hydrogen) atoms. The maximum absolute atomic E-state index is 12.4. The van der Waals surface area contributed by atoms with Crippen molar-refractivity contribution < 1.29 is 17.5 Å². The second kappa shape index (κ2) is 8.73. The lowest BCUT2D eigenvalue weighted by Gasteiger charge is -2.09. The highest BCUT2D eigenvalue weighted by atomic mass is 79.9. The molecule has 148 valence electrons. The van der Waals surface area contributed by atoms with E-state index in [1.54, 1.807) is 18.3 Å². The first-order chi connectivity index (χ1) is 13.7. The lowest BCUT2D eigenvalue weighted by molar-refractivity contribution is -0.384. The van der Waals surface area contributed by atoms with Crippen LogP contribution in [0.5, 0.6) is 5.75 Å².